The fourth-order valence-electron chi connectivity index (χ4n) is 4.13. The van der Waals surface area contributed by atoms with Gasteiger partial charge in [0.15, 0.2) is 11.6 Å². The van der Waals surface area contributed by atoms with E-state index in [2.05, 4.69) is 20.9 Å². The minimum Gasteiger partial charge on any atom is -0.490 e. The maximum absolute atomic E-state index is 14.2. The molecule has 10 heteroatoms. The van der Waals surface area contributed by atoms with Crippen LogP contribution in [0.15, 0.2) is 54.7 Å². The van der Waals surface area contributed by atoms with Crippen LogP contribution in [0.2, 0.25) is 0 Å². The monoisotopic (exact) mass is 466 g/mol. The Morgan fingerprint density at radius 1 is 1.03 bits per heavy atom. The van der Waals surface area contributed by atoms with Gasteiger partial charge >= 0.3 is 6.03 Å². The molecule has 1 fully saturated rings. The van der Waals surface area contributed by atoms with Crippen molar-refractivity contribution in [1.82, 2.24) is 15.6 Å². The predicted octanol–water partition coefficient (Wildman–Crippen LogP) is 3.81. The van der Waals surface area contributed by atoms with E-state index >= 15 is 0 Å². The van der Waals surface area contributed by atoms with Crippen LogP contribution < -0.4 is 25.4 Å². The number of amides is 3. The molecule has 0 bridgehead atoms. The van der Waals surface area contributed by atoms with Gasteiger partial charge < -0.3 is 20.1 Å². The first-order valence-electron chi connectivity index (χ1n) is 10.6. The highest BCUT2D eigenvalue weighted by atomic mass is 19.1. The third-order valence-electron chi connectivity index (χ3n) is 5.87. The molecule has 1 aliphatic carbocycles. The summed E-state index contributed by atoms with van der Waals surface area (Å²) >= 11 is 0. The molecular weight excluding hydrogens is 446 g/mol. The first kappa shape index (κ1) is 21.6. The van der Waals surface area contributed by atoms with Crippen LogP contribution in [0, 0.1) is 17.6 Å². The summed E-state index contributed by atoms with van der Waals surface area (Å²) in [5, 5.41) is 7.95. The number of hydrogen-bond donors (Lipinski definition) is 3. The van der Waals surface area contributed by atoms with Crippen molar-refractivity contribution in [3.63, 3.8) is 0 Å². The highest BCUT2D eigenvalue weighted by Crippen LogP contribution is 2.55. The number of carbonyl (C=O) groups excluding carboxylic acids is 2. The van der Waals surface area contributed by atoms with Crippen molar-refractivity contribution in [1.29, 1.82) is 0 Å². The lowest BCUT2D eigenvalue weighted by Crippen LogP contribution is -2.32. The van der Waals surface area contributed by atoms with Gasteiger partial charge in [0.1, 0.15) is 23.1 Å². The van der Waals surface area contributed by atoms with Crippen LogP contribution in [-0.4, -0.2) is 36.6 Å². The second kappa shape index (κ2) is 8.62. The summed E-state index contributed by atoms with van der Waals surface area (Å²) in [6.07, 6.45) is 1.45. The van der Waals surface area contributed by atoms with E-state index < -0.39 is 17.7 Å². The van der Waals surface area contributed by atoms with E-state index in [1.54, 1.807) is 43.4 Å². The van der Waals surface area contributed by atoms with E-state index in [0.29, 0.717) is 17.1 Å². The average Bonchev–Trinajstić information content (AvgIpc) is 3.54. The Labute approximate surface area is 193 Å². The Morgan fingerprint density at radius 2 is 1.76 bits per heavy atom. The Hall–Kier alpha value is -4.21. The van der Waals surface area contributed by atoms with Crippen LogP contribution in [0.3, 0.4) is 0 Å². The van der Waals surface area contributed by atoms with E-state index in [-0.39, 0.29) is 47.5 Å². The van der Waals surface area contributed by atoms with Gasteiger partial charge in [-0.15, -0.1) is 0 Å². The molecule has 2 heterocycles. The van der Waals surface area contributed by atoms with Gasteiger partial charge in [-0.2, -0.15) is 0 Å². The first-order chi connectivity index (χ1) is 16.4. The van der Waals surface area contributed by atoms with Crippen LogP contribution in [0.25, 0.3) is 0 Å². The van der Waals surface area contributed by atoms with Crippen LogP contribution in [-0.2, 0) is 0 Å². The second-order valence-electron chi connectivity index (χ2n) is 7.98. The van der Waals surface area contributed by atoms with Crippen molar-refractivity contribution in [2.75, 3.05) is 19.0 Å². The highest BCUT2D eigenvalue weighted by molar-refractivity contribution is 5.94. The number of halogens is 2. The van der Waals surface area contributed by atoms with Crippen molar-refractivity contribution in [2.45, 2.75) is 12.0 Å². The topological polar surface area (TPSA) is 102 Å². The molecule has 2 unspecified atom stereocenters. The van der Waals surface area contributed by atoms with Crippen LogP contribution in [0.5, 0.6) is 17.2 Å². The predicted molar refractivity (Wildman–Crippen MR) is 118 cm³/mol. The standard InChI is InChI=1S/C24H20F2N4O4/c1-27-23(31)12-2-4-13(5-3-12)34-14-6-9-18(28-10-14)29-24(32)30-21-15-11-33-22-17(26)8-7-16(25)20(22)19(15)21/h2-10,15,19,21H,11H2,1H3,(H,27,31)(H2,28,29,30,32)/t15?,19?,21-/m1/s1. The van der Waals surface area contributed by atoms with E-state index in [0.717, 1.165) is 12.1 Å². The number of nitrogens with one attached hydrogen (secondary N) is 3. The minimum absolute atomic E-state index is 0.0773. The number of carbonyl (C=O) groups is 2. The summed E-state index contributed by atoms with van der Waals surface area (Å²) in [5.41, 5.74) is 0.682. The smallest absolute Gasteiger partial charge is 0.320 e. The molecule has 1 aromatic heterocycles. The first-order valence-corrected chi connectivity index (χ1v) is 10.6. The number of pyridine rings is 1. The van der Waals surface area contributed by atoms with Crippen LogP contribution in [0.4, 0.5) is 19.4 Å². The molecule has 0 spiro atoms. The number of urea groups is 1. The van der Waals surface area contributed by atoms with Crippen molar-refractivity contribution in [3.8, 4) is 17.2 Å². The molecule has 34 heavy (non-hydrogen) atoms. The molecule has 2 aromatic carbocycles. The molecule has 1 aliphatic heterocycles. The molecule has 2 aliphatic rings. The molecule has 3 aromatic rings. The van der Waals surface area contributed by atoms with Gasteiger partial charge in [0, 0.05) is 36.1 Å². The van der Waals surface area contributed by atoms with E-state index in [1.807, 2.05) is 0 Å². The maximum atomic E-state index is 14.2. The third kappa shape index (κ3) is 4.09. The zero-order valence-electron chi connectivity index (χ0n) is 18.0. The second-order valence-corrected chi connectivity index (χ2v) is 7.98. The molecular formula is C24H20F2N4O4. The molecule has 0 saturated heterocycles. The Kier molecular flexibility index (Phi) is 5.48. The number of fused-ring (bicyclic) bond motifs is 3. The SMILES string of the molecule is CNC(=O)c1ccc(Oc2ccc(NC(=O)N[C@@H]3C4COc5c(F)ccc(F)c5C43)nc2)cc1. The van der Waals surface area contributed by atoms with Gasteiger partial charge in [-0.3, -0.25) is 10.1 Å². The number of benzene rings is 2. The summed E-state index contributed by atoms with van der Waals surface area (Å²) in [6, 6.07) is 11.0. The van der Waals surface area contributed by atoms with Gasteiger partial charge in [-0.1, -0.05) is 0 Å². The van der Waals surface area contributed by atoms with E-state index in [9.17, 15) is 18.4 Å². The van der Waals surface area contributed by atoms with Crippen molar-refractivity contribution in [3.05, 3.63) is 77.5 Å². The number of hydrogen-bond acceptors (Lipinski definition) is 5. The van der Waals surface area contributed by atoms with Gasteiger partial charge in [-0.25, -0.2) is 18.6 Å². The zero-order valence-corrected chi connectivity index (χ0v) is 18.0. The molecule has 3 N–H and O–H groups in total. The lowest BCUT2D eigenvalue weighted by molar-refractivity contribution is 0.0963. The minimum atomic E-state index is -0.612. The lowest BCUT2D eigenvalue weighted by Gasteiger charge is -2.16. The van der Waals surface area contributed by atoms with Crippen molar-refractivity contribution in [2.24, 2.45) is 5.92 Å². The van der Waals surface area contributed by atoms with Crippen molar-refractivity contribution < 1.29 is 27.8 Å². The fraction of sp³-hybridized carbons (Fsp3) is 0.208. The van der Waals surface area contributed by atoms with Gasteiger partial charge in [0.25, 0.3) is 5.91 Å². The Balaban J connectivity index is 1.17. The normalized spacial score (nSPS) is 19.7. The molecule has 8 nitrogen and oxygen atoms in total. The van der Waals surface area contributed by atoms with E-state index in [4.69, 9.17) is 9.47 Å². The summed E-state index contributed by atoms with van der Waals surface area (Å²) in [4.78, 5) is 28.2. The summed E-state index contributed by atoms with van der Waals surface area (Å²) in [7, 11) is 1.56. The molecule has 0 radical (unpaired) electrons. The van der Waals surface area contributed by atoms with Gasteiger partial charge in [0.2, 0.25) is 0 Å². The summed E-state index contributed by atoms with van der Waals surface area (Å²) < 4.78 is 39.2. The molecule has 3 amide bonds. The van der Waals surface area contributed by atoms with Gasteiger partial charge in [-0.05, 0) is 48.5 Å². The number of rotatable bonds is 5. The average molecular weight is 466 g/mol. The molecule has 3 atom stereocenters. The van der Waals surface area contributed by atoms with Crippen LogP contribution >= 0.6 is 0 Å². The Bertz CT molecular complexity index is 1250. The Morgan fingerprint density at radius 3 is 2.47 bits per heavy atom. The number of anilines is 1. The quantitative estimate of drug-likeness (QED) is 0.531. The maximum Gasteiger partial charge on any atom is 0.320 e. The van der Waals surface area contributed by atoms with Crippen LogP contribution in [0.1, 0.15) is 21.8 Å². The fourth-order valence-corrected chi connectivity index (χ4v) is 4.13. The largest absolute Gasteiger partial charge is 0.490 e. The van der Waals surface area contributed by atoms with E-state index in [1.165, 1.54) is 6.20 Å². The lowest BCUT2D eigenvalue weighted by atomic mass is 10.0. The number of ether oxygens (including phenoxy) is 2. The summed E-state index contributed by atoms with van der Waals surface area (Å²) in [5.74, 6) is -0.620. The van der Waals surface area contributed by atoms with Crippen molar-refractivity contribution >= 4 is 17.8 Å². The number of aromatic nitrogens is 1. The zero-order chi connectivity index (χ0) is 23.8. The van der Waals surface area contributed by atoms with Gasteiger partial charge in [0.05, 0.1) is 12.8 Å². The molecule has 5 rings (SSSR count). The molecule has 1 saturated carbocycles. The summed E-state index contributed by atoms with van der Waals surface area (Å²) in [6.45, 7) is 0.206. The highest BCUT2D eigenvalue weighted by Gasteiger charge is 2.57. The third-order valence-corrected chi connectivity index (χ3v) is 5.87. The molecule has 174 valence electrons. The number of nitrogens with zero attached hydrogens (tertiary/aromatic N) is 1.